The molecule has 11 heterocycles. The summed E-state index contributed by atoms with van der Waals surface area (Å²) < 4.78 is 0. The zero-order valence-electron chi connectivity index (χ0n) is 82.1. The first-order valence-corrected chi connectivity index (χ1v) is 46.4. The van der Waals surface area contributed by atoms with E-state index in [0.717, 1.165) is 127 Å². The average molecular weight is 2570 g/mol. The molecule has 20 heteroatoms. The first kappa shape index (κ1) is 107. The van der Waals surface area contributed by atoms with E-state index in [-0.39, 0.29) is 139 Å². The van der Waals surface area contributed by atoms with Gasteiger partial charge in [0.25, 0.3) is 5.84 Å². The maximum absolute atomic E-state index is 8.85. The van der Waals surface area contributed by atoms with Crippen molar-refractivity contribution in [1.82, 2.24) is 49.5 Å². The van der Waals surface area contributed by atoms with E-state index in [2.05, 4.69) is 415 Å². The third-order valence-corrected chi connectivity index (χ3v) is 27.2. The molecule has 0 amide bonds. The molecule has 5 aliphatic rings. The minimum Gasteiger partial charge on any atom is -0.506 e. The quantitative estimate of drug-likeness (QED) is 0.0438. The van der Waals surface area contributed by atoms with Crippen molar-refractivity contribution in [2.24, 2.45) is 0 Å². The van der Waals surface area contributed by atoms with E-state index in [1.807, 2.05) is 84.9 Å². The fourth-order valence-corrected chi connectivity index (χ4v) is 18.1. The predicted octanol–water partition coefficient (Wildman–Crippen LogP) is 24.6. The Hall–Kier alpha value is -12.5. The van der Waals surface area contributed by atoms with E-state index in [9.17, 15) is 0 Å². The average Bonchev–Trinajstić information content (AvgIpc) is 0.751. The summed E-state index contributed by atoms with van der Waals surface area (Å²) in [4.78, 5) is 42.7. The molecule has 0 atom stereocenters. The summed E-state index contributed by atoms with van der Waals surface area (Å²) in [5, 5.41) is 29.7. The number of nitrogens with one attached hydrogen (secondary N) is 4. The number of allylic oxidation sites excluding steroid dienone is 1. The molecule has 0 spiro atoms. The fourth-order valence-electron chi connectivity index (χ4n) is 18.1. The molecule has 718 valence electrons. The van der Waals surface area contributed by atoms with Crippen LogP contribution < -0.4 is 10.6 Å². The van der Waals surface area contributed by atoms with Gasteiger partial charge in [0.15, 0.2) is 0 Å². The van der Waals surface area contributed by atoms with Crippen LogP contribution in [0, 0.1) is 90.9 Å². The number of pyridine rings is 6. The molecular formula is C121H114N16Pt4. The molecule has 16 nitrogen and oxygen atoms in total. The summed E-state index contributed by atoms with van der Waals surface area (Å²) in [6.45, 7) is 50.4. The van der Waals surface area contributed by atoms with Gasteiger partial charge in [0.2, 0.25) is 0 Å². The van der Waals surface area contributed by atoms with Crippen molar-refractivity contribution >= 4 is 23.2 Å². The van der Waals surface area contributed by atoms with Crippen LogP contribution in [0.3, 0.4) is 0 Å². The largest absolute Gasteiger partial charge is 4.00 e. The number of fused-ring (bicyclic) bond motifs is 24. The number of nitrogens with zero attached hydrogens (tertiary/aromatic N) is 12. The van der Waals surface area contributed by atoms with Crippen LogP contribution in [-0.2, 0) is 159 Å². The molecule has 0 fully saturated rings. The second-order valence-electron chi connectivity index (χ2n) is 39.6. The van der Waals surface area contributed by atoms with E-state index in [1.54, 1.807) is 18.2 Å². The maximum atomic E-state index is 8.85. The summed E-state index contributed by atoms with van der Waals surface area (Å²) in [6, 6.07) is 120. The van der Waals surface area contributed by atoms with E-state index in [4.69, 9.17) is 52.6 Å². The Morgan fingerprint density at radius 2 is 0.589 bits per heavy atom. The van der Waals surface area contributed by atoms with Gasteiger partial charge in [0.1, 0.15) is 5.41 Å². The van der Waals surface area contributed by atoms with E-state index in [1.165, 1.54) is 34.4 Å². The van der Waals surface area contributed by atoms with Crippen molar-refractivity contribution < 1.29 is 84.3 Å². The number of aromatic nitrogens is 6. The predicted molar refractivity (Wildman–Crippen MR) is 546 cm³/mol. The number of amidine groups is 1. The third kappa shape index (κ3) is 23.3. The van der Waals surface area contributed by atoms with Crippen molar-refractivity contribution in [1.29, 1.82) is 16.1 Å². The molecule has 0 unspecified atom stereocenters. The Kier molecular flexibility index (Phi) is 34.1. The Labute approximate surface area is 891 Å². The molecule has 6 aromatic heterocycles. The molecule has 0 aliphatic carbocycles. The zero-order chi connectivity index (χ0) is 96.7. The first-order chi connectivity index (χ1) is 65.6. The maximum Gasteiger partial charge on any atom is 4.00 e. The molecule has 14 aromatic rings. The Balaban J connectivity index is 0.000000168. The van der Waals surface area contributed by atoms with Crippen LogP contribution >= 0.6 is 0 Å². The third-order valence-electron chi connectivity index (χ3n) is 27.2. The Morgan fingerprint density at radius 3 is 0.865 bits per heavy atom. The normalized spacial score (nSPS) is 16.2. The van der Waals surface area contributed by atoms with Gasteiger partial charge in [-0.25, -0.2) is 5.26 Å². The van der Waals surface area contributed by atoms with Crippen LogP contribution in [0.2, 0.25) is 0 Å². The second kappa shape index (κ2) is 44.8. The minimum absolute atomic E-state index is 0. The van der Waals surface area contributed by atoms with Gasteiger partial charge in [0, 0.05) is 101 Å². The van der Waals surface area contributed by atoms with Crippen LogP contribution in [-0.4, -0.2) is 61.1 Å². The molecule has 5 aliphatic heterocycles. The van der Waals surface area contributed by atoms with Gasteiger partial charge in [-0.3, -0.25) is 29.9 Å². The summed E-state index contributed by atoms with van der Waals surface area (Å²) in [5.74, 6) is 0.720. The number of anilines is 2. The molecule has 0 saturated heterocycles. The molecule has 19 rings (SSSR count). The number of hydrogen-bond donors (Lipinski definition) is 4. The van der Waals surface area contributed by atoms with Crippen molar-refractivity contribution in [3.8, 4) is 6.07 Å². The van der Waals surface area contributed by atoms with Gasteiger partial charge in [-0.05, 0) is 142 Å². The Bertz CT molecular complexity index is 5930. The summed E-state index contributed by atoms with van der Waals surface area (Å²) in [7, 11) is 0. The fraction of sp³-hybridized carbons (Fsp3) is 0.240. The smallest absolute Gasteiger partial charge is 0.506 e. The van der Waals surface area contributed by atoms with E-state index >= 15 is 0 Å². The standard InChI is InChI=1S/2C34H36N2.C31H22N8.C22H20N4.4Pt/c1-31(2)23-13-9-15-25(21-23)32(3,4)27-17-11-19-29(35-27)34(7,8)30-20-12-18-28(36-30)33(5,6)26-16-10-14-24(31)22-26;1-31(2)23-13-9-14-24(21-23)32(3,4)29-19-12-20-30(36-29)34(7,8)26-16-10-15-25(22-26)33(5,6)28-18-11-17-27(31)35-28;1-35-28(34)19-21-37-30-17-9-15-27(39-30)31(23-10-4-2-5-11-23,24-12-6-3-7-13-24)26-14-8-16-29(38-26)36-20-18-25(33)22-32;1-3-19-11-20(4-1)14-24-8-10-26(18-24)16-22-6-2-5-21(12-22)15-25-9-7-23(13-19)17-25;;;;/h2*9-20H,1-8H3;2-19,33-34H,(H,36,38)(H,37,39);1-10,17-18H,13-16H2;;;;/q3*-2;-4;3*+2;+4. The van der Waals surface area contributed by atoms with E-state index in [0.29, 0.717) is 23.0 Å². The van der Waals surface area contributed by atoms with Crippen LogP contribution in [0.4, 0.5) is 11.6 Å². The number of benzene rings is 8. The first-order valence-electron chi connectivity index (χ1n) is 46.4. The Morgan fingerprint density at radius 1 is 0.340 bits per heavy atom. The summed E-state index contributed by atoms with van der Waals surface area (Å²) >= 11 is 0. The zero-order valence-corrected chi connectivity index (χ0v) is 91.2. The number of nitriles is 1. The minimum atomic E-state index is -0.937. The monoisotopic (exact) mass is 2570 g/mol. The van der Waals surface area contributed by atoms with Crippen molar-refractivity contribution in [2.45, 2.75) is 186 Å². The van der Waals surface area contributed by atoms with Crippen molar-refractivity contribution in [3.05, 3.63) is 524 Å². The number of rotatable bonds is 10. The summed E-state index contributed by atoms with van der Waals surface area (Å²) in [5.41, 5.74) is 21.8. The van der Waals surface area contributed by atoms with Crippen LogP contribution in [0.25, 0.3) is 4.85 Å². The van der Waals surface area contributed by atoms with Crippen LogP contribution in [0.5, 0.6) is 0 Å². The second-order valence-corrected chi connectivity index (χ2v) is 39.6. The molecule has 0 radical (unpaired) electrons. The number of hydrogen-bond acceptors (Lipinski definition) is 15. The SMILES string of the molecule is CC1(C)c2[c-]c(ccc2)C(C)(C)c2cccc(n2)C(C)(C)c2[c-]c(ccc2)C(C)(C)c2cccc1n2.CC1(C)c2[c-]c(ccc2)C(C)(C)c2cccc(n2)C(C)(C)c2cccc(n2)C(C)(C)c2[c-]c1ccc2.[C-]#[N+]C(=N)C=[C-]Nc1cccc(C(c2ccccc2)(c2ccccc2)c2cccc(N[C-]=CC(=N)C#N)n2)n1.[Pt+2].[Pt+2].[Pt+2].[Pt+4].[c-]1c2cccc1CN1C=CN([CH-]1)Cc1[c-]c(ccc1)CN1C=CN([CH-]1)C2. The molecule has 141 heavy (non-hydrogen) atoms. The van der Waals surface area contributed by atoms with Crippen molar-refractivity contribution in [3.63, 3.8) is 0 Å². The van der Waals surface area contributed by atoms with Crippen LogP contribution in [0.15, 0.2) is 316 Å². The summed E-state index contributed by atoms with van der Waals surface area (Å²) in [6.07, 6.45) is 16.5. The molecule has 0 saturated carbocycles. The van der Waals surface area contributed by atoms with E-state index < -0.39 is 5.41 Å². The van der Waals surface area contributed by atoms with Crippen LogP contribution in [0.1, 0.15) is 246 Å². The van der Waals surface area contributed by atoms with Gasteiger partial charge in [-0.15, -0.1) is 39.9 Å². The van der Waals surface area contributed by atoms with Gasteiger partial charge in [-0.1, -0.05) is 225 Å². The molecular weight excluding hydrogens is 2460 g/mol. The van der Waals surface area contributed by atoms with Gasteiger partial charge in [-0.2, -0.15) is 203 Å². The van der Waals surface area contributed by atoms with Gasteiger partial charge < -0.3 is 40.5 Å². The van der Waals surface area contributed by atoms with Gasteiger partial charge in [0.05, 0.1) is 17.5 Å². The topological polar surface area (TPSA) is 190 Å². The molecule has 24 bridgehead atoms. The molecule has 4 N–H and O–H groups in total. The molecule has 8 aromatic carbocycles. The van der Waals surface area contributed by atoms with Gasteiger partial charge >= 0.3 is 84.3 Å². The van der Waals surface area contributed by atoms with Crippen molar-refractivity contribution in [2.75, 3.05) is 10.6 Å².